The number of methoxy groups -OCH3 is 2. The third-order valence-corrected chi connectivity index (χ3v) is 6.83. The molecule has 1 amide bonds. The van der Waals surface area contributed by atoms with Gasteiger partial charge in [0.1, 0.15) is 0 Å². The molecule has 27 heavy (non-hydrogen) atoms. The van der Waals surface area contributed by atoms with Gasteiger partial charge in [0.2, 0.25) is 5.91 Å². The number of ether oxygens (including phenoxy) is 2. The van der Waals surface area contributed by atoms with Gasteiger partial charge in [-0.3, -0.25) is 4.79 Å². The van der Waals surface area contributed by atoms with E-state index in [0.29, 0.717) is 18.0 Å². The summed E-state index contributed by atoms with van der Waals surface area (Å²) in [5.74, 6) is 1.99. The van der Waals surface area contributed by atoms with Gasteiger partial charge in [-0.1, -0.05) is 23.9 Å². The quantitative estimate of drug-likeness (QED) is 0.606. The molecule has 2 heterocycles. The lowest BCUT2D eigenvalue weighted by Gasteiger charge is -2.29. The van der Waals surface area contributed by atoms with Crippen LogP contribution < -0.4 is 9.47 Å². The minimum Gasteiger partial charge on any atom is -0.493 e. The Hall–Kier alpha value is -2.25. The van der Waals surface area contributed by atoms with Gasteiger partial charge < -0.3 is 14.4 Å². The molecule has 0 bridgehead atoms. The van der Waals surface area contributed by atoms with E-state index in [0.717, 1.165) is 38.8 Å². The summed E-state index contributed by atoms with van der Waals surface area (Å²) in [6, 6.07) is 12.0. The summed E-state index contributed by atoms with van der Waals surface area (Å²) in [4.78, 5) is 19.2. The van der Waals surface area contributed by atoms with Gasteiger partial charge in [-0.2, -0.15) is 0 Å². The summed E-state index contributed by atoms with van der Waals surface area (Å²) in [7, 11) is 3.27. The van der Waals surface area contributed by atoms with Gasteiger partial charge in [-0.15, -0.1) is 11.3 Å². The molecule has 1 aliphatic rings. The number of thiazole rings is 1. The number of amides is 1. The Kier molecular flexibility index (Phi) is 5.22. The van der Waals surface area contributed by atoms with Gasteiger partial charge in [-0.05, 0) is 41.8 Å². The van der Waals surface area contributed by atoms with Gasteiger partial charge in [0, 0.05) is 13.1 Å². The fraction of sp³-hybridized carbons (Fsp3) is 0.300. The smallest absolute Gasteiger partial charge is 0.233 e. The van der Waals surface area contributed by atoms with Crippen LogP contribution in [0.3, 0.4) is 0 Å². The lowest BCUT2D eigenvalue weighted by Crippen LogP contribution is -2.37. The first kappa shape index (κ1) is 18.1. The van der Waals surface area contributed by atoms with E-state index in [4.69, 9.17) is 9.47 Å². The van der Waals surface area contributed by atoms with E-state index >= 15 is 0 Å². The Morgan fingerprint density at radius 2 is 1.93 bits per heavy atom. The molecule has 0 aliphatic carbocycles. The average molecular weight is 401 g/mol. The first-order valence-corrected chi connectivity index (χ1v) is 10.5. The molecule has 1 aliphatic heterocycles. The van der Waals surface area contributed by atoms with Crippen molar-refractivity contribution in [1.29, 1.82) is 0 Å². The van der Waals surface area contributed by atoms with Crippen molar-refractivity contribution in [3.05, 3.63) is 47.5 Å². The predicted molar refractivity (Wildman–Crippen MR) is 109 cm³/mol. The zero-order chi connectivity index (χ0) is 18.8. The number of nitrogens with zero attached hydrogens (tertiary/aromatic N) is 2. The molecule has 140 valence electrons. The highest BCUT2D eigenvalue weighted by Gasteiger charge is 2.23. The van der Waals surface area contributed by atoms with Gasteiger partial charge >= 0.3 is 0 Å². The summed E-state index contributed by atoms with van der Waals surface area (Å²) in [5, 5.41) is 0. The van der Waals surface area contributed by atoms with Gasteiger partial charge in [0.05, 0.1) is 30.2 Å². The molecule has 0 N–H and O–H groups in total. The van der Waals surface area contributed by atoms with Crippen LogP contribution in [-0.2, 0) is 17.8 Å². The molecule has 7 heteroatoms. The zero-order valence-electron chi connectivity index (χ0n) is 15.2. The minimum absolute atomic E-state index is 0.139. The molecule has 0 saturated heterocycles. The van der Waals surface area contributed by atoms with Crippen LogP contribution in [0, 0.1) is 0 Å². The van der Waals surface area contributed by atoms with Crippen molar-refractivity contribution in [3.8, 4) is 11.5 Å². The topological polar surface area (TPSA) is 51.7 Å². The Morgan fingerprint density at radius 1 is 1.19 bits per heavy atom. The molecule has 2 aromatic carbocycles. The van der Waals surface area contributed by atoms with E-state index in [9.17, 15) is 4.79 Å². The van der Waals surface area contributed by atoms with E-state index in [1.807, 2.05) is 35.2 Å². The molecular weight excluding hydrogens is 380 g/mol. The van der Waals surface area contributed by atoms with Crippen LogP contribution in [0.5, 0.6) is 11.5 Å². The fourth-order valence-electron chi connectivity index (χ4n) is 3.22. The van der Waals surface area contributed by atoms with Crippen molar-refractivity contribution < 1.29 is 14.3 Å². The van der Waals surface area contributed by atoms with Gasteiger partial charge in [-0.25, -0.2) is 4.98 Å². The Labute approximate surface area is 166 Å². The highest BCUT2D eigenvalue weighted by atomic mass is 32.2. The SMILES string of the molecule is COc1cc2c(cc1OC)CN(C(=O)CSc1nc3ccccc3s1)CC2. The highest BCUT2D eigenvalue weighted by Crippen LogP contribution is 2.34. The third-order valence-electron chi connectivity index (χ3n) is 4.66. The van der Waals surface area contributed by atoms with Crippen LogP contribution >= 0.6 is 23.1 Å². The largest absolute Gasteiger partial charge is 0.493 e. The summed E-state index contributed by atoms with van der Waals surface area (Å²) in [5.41, 5.74) is 3.33. The number of hydrogen-bond acceptors (Lipinski definition) is 6. The molecule has 1 aromatic heterocycles. The third kappa shape index (κ3) is 3.75. The average Bonchev–Trinajstić information content (AvgIpc) is 3.13. The van der Waals surface area contributed by atoms with Crippen molar-refractivity contribution in [2.24, 2.45) is 0 Å². The second-order valence-corrected chi connectivity index (χ2v) is 8.53. The van der Waals surface area contributed by atoms with Gasteiger partial charge in [0.15, 0.2) is 15.8 Å². The number of hydrogen-bond donors (Lipinski definition) is 0. The molecule has 0 fully saturated rings. The van der Waals surface area contributed by atoms with Crippen molar-refractivity contribution in [2.45, 2.75) is 17.3 Å². The molecular formula is C20H20N2O3S2. The maximum atomic E-state index is 12.7. The van der Waals surface area contributed by atoms with E-state index in [-0.39, 0.29) is 5.91 Å². The summed E-state index contributed by atoms with van der Waals surface area (Å²) in [6.07, 6.45) is 0.827. The standard InChI is InChI=1S/C20H20N2O3S2/c1-24-16-9-13-7-8-22(11-14(13)10-17(16)25-2)19(23)12-26-20-21-15-5-3-4-6-18(15)27-20/h3-6,9-10H,7-8,11-12H2,1-2H3. The number of rotatable bonds is 5. The van der Waals surface area contributed by atoms with E-state index < -0.39 is 0 Å². The van der Waals surface area contributed by atoms with Crippen LogP contribution in [0.2, 0.25) is 0 Å². The molecule has 3 aromatic rings. The first-order chi connectivity index (χ1) is 13.2. The van der Waals surface area contributed by atoms with Gasteiger partial charge in [0.25, 0.3) is 0 Å². The molecule has 4 rings (SSSR count). The van der Waals surface area contributed by atoms with E-state index in [1.54, 1.807) is 25.6 Å². The Bertz CT molecular complexity index is 954. The molecule has 0 saturated carbocycles. The summed E-state index contributed by atoms with van der Waals surface area (Å²) in [6.45, 7) is 1.33. The second kappa shape index (κ2) is 7.78. The lowest BCUT2D eigenvalue weighted by atomic mass is 9.99. The van der Waals surface area contributed by atoms with Crippen LogP contribution in [0.4, 0.5) is 0 Å². The molecule has 0 radical (unpaired) electrons. The zero-order valence-corrected chi connectivity index (χ0v) is 16.9. The second-order valence-electron chi connectivity index (χ2n) is 6.28. The fourth-order valence-corrected chi connectivity index (χ4v) is 5.19. The summed E-state index contributed by atoms with van der Waals surface area (Å²) >= 11 is 3.15. The highest BCUT2D eigenvalue weighted by molar-refractivity contribution is 8.01. The predicted octanol–water partition coefficient (Wildman–Crippen LogP) is 3.99. The maximum Gasteiger partial charge on any atom is 0.233 e. The number of thioether (sulfide) groups is 1. The Balaban J connectivity index is 1.43. The summed E-state index contributed by atoms with van der Waals surface area (Å²) < 4.78 is 12.9. The van der Waals surface area contributed by atoms with E-state index in [1.165, 1.54) is 17.3 Å². The van der Waals surface area contributed by atoms with Crippen molar-refractivity contribution >= 4 is 39.2 Å². The van der Waals surface area contributed by atoms with Crippen LogP contribution in [-0.4, -0.2) is 42.3 Å². The maximum absolute atomic E-state index is 12.7. The number of para-hydroxylation sites is 1. The minimum atomic E-state index is 0.139. The number of fused-ring (bicyclic) bond motifs is 2. The Morgan fingerprint density at radius 3 is 2.67 bits per heavy atom. The normalized spacial score (nSPS) is 13.5. The number of aromatic nitrogens is 1. The monoisotopic (exact) mass is 400 g/mol. The molecule has 0 unspecified atom stereocenters. The van der Waals surface area contributed by atoms with Crippen LogP contribution in [0.15, 0.2) is 40.7 Å². The van der Waals surface area contributed by atoms with Crippen LogP contribution in [0.1, 0.15) is 11.1 Å². The number of benzene rings is 2. The van der Waals surface area contributed by atoms with Crippen LogP contribution in [0.25, 0.3) is 10.2 Å². The van der Waals surface area contributed by atoms with Crippen molar-refractivity contribution in [2.75, 3.05) is 26.5 Å². The first-order valence-electron chi connectivity index (χ1n) is 8.68. The number of carbonyl (C=O) groups is 1. The van der Waals surface area contributed by atoms with Crippen molar-refractivity contribution in [1.82, 2.24) is 9.88 Å². The number of carbonyl (C=O) groups excluding carboxylic acids is 1. The molecule has 5 nitrogen and oxygen atoms in total. The molecule has 0 spiro atoms. The van der Waals surface area contributed by atoms with Crippen molar-refractivity contribution in [3.63, 3.8) is 0 Å². The lowest BCUT2D eigenvalue weighted by molar-refractivity contribution is -0.129. The molecule has 0 atom stereocenters. The van der Waals surface area contributed by atoms with E-state index in [2.05, 4.69) is 11.1 Å².